The van der Waals surface area contributed by atoms with E-state index in [0.29, 0.717) is 17.1 Å². The Morgan fingerprint density at radius 2 is 2.00 bits per heavy atom. The summed E-state index contributed by atoms with van der Waals surface area (Å²) < 4.78 is 13.1. The van der Waals surface area contributed by atoms with Crippen LogP contribution in [-0.2, 0) is 0 Å². The van der Waals surface area contributed by atoms with Gasteiger partial charge in [-0.2, -0.15) is 5.10 Å². The summed E-state index contributed by atoms with van der Waals surface area (Å²) in [6, 6.07) is 15.2. The number of anilines is 1. The number of aromatic nitrogens is 2. The number of nitrogens with one attached hydrogen (secondary N) is 2. The van der Waals surface area contributed by atoms with Crippen LogP contribution in [0.1, 0.15) is 16.8 Å². The molecular formula is C20H18ClFN4O. The van der Waals surface area contributed by atoms with Gasteiger partial charge in [-0.1, -0.05) is 23.7 Å². The maximum Gasteiger partial charge on any atom is 0.253 e. The molecular weight excluding hydrogens is 367 g/mol. The number of amides is 1. The predicted octanol–water partition coefficient (Wildman–Crippen LogP) is 3.88. The first-order valence-electron chi connectivity index (χ1n) is 8.72. The number of carbonyl (C=O) groups is 1. The molecule has 1 aromatic heterocycles. The van der Waals surface area contributed by atoms with Gasteiger partial charge in [-0.05, 0) is 48.4 Å². The lowest BCUT2D eigenvalue weighted by Gasteiger charge is -2.16. The molecule has 1 saturated heterocycles. The predicted molar refractivity (Wildman–Crippen MR) is 104 cm³/mol. The molecule has 4 rings (SSSR count). The third kappa shape index (κ3) is 3.80. The van der Waals surface area contributed by atoms with Gasteiger partial charge in [0.2, 0.25) is 0 Å². The molecule has 2 heterocycles. The number of H-pyrrole nitrogens is 1. The average molecular weight is 385 g/mol. The Labute approximate surface area is 161 Å². The van der Waals surface area contributed by atoms with Crippen LogP contribution < -0.4 is 10.2 Å². The Morgan fingerprint density at radius 3 is 2.78 bits per heavy atom. The normalized spacial score (nSPS) is 16.5. The SMILES string of the molecule is O=C(NC1CCN(c2cc(-c3ccc(F)cc3)[nH]n2)C1)c1ccccc1Cl. The van der Waals surface area contributed by atoms with E-state index < -0.39 is 0 Å². The molecule has 0 radical (unpaired) electrons. The Morgan fingerprint density at radius 1 is 1.22 bits per heavy atom. The molecule has 1 aliphatic heterocycles. The second kappa shape index (κ2) is 7.40. The summed E-state index contributed by atoms with van der Waals surface area (Å²) in [4.78, 5) is 14.5. The van der Waals surface area contributed by atoms with Gasteiger partial charge in [0.1, 0.15) is 5.82 Å². The summed E-state index contributed by atoms with van der Waals surface area (Å²) in [5.41, 5.74) is 2.18. The van der Waals surface area contributed by atoms with Crippen molar-refractivity contribution in [1.82, 2.24) is 15.5 Å². The summed E-state index contributed by atoms with van der Waals surface area (Å²) in [6.07, 6.45) is 0.828. The van der Waals surface area contributed by atoms with E-state index in [2.05, 4.69) is 20.4 Å². The summed E-state index contributed by atoms with van der Waals surface area (Å²) in [5, 5.41) is 10.8. The van der Waals surface area contributed by atoms with Crippen LogP contribution in [0.4, 0.5) is 10.2 Å². The molecule has 1 fully saturated rings. The fourth-order valence-electron chi connectivity index (χ4n) is 3.25. The monoisotopic (exact) mass is 384 g/mol. The first-order valence-corrected chi connectivity index (χ1v) is 9.09. The number of carbonyl (C=O) groups excluding carboxylic acids is 1. The second-order valence-corrected chi connectivity index (χ2v) is 6.94. The van der Waals surface area contributed by atoms with E-state index in [1.54, 1.807) is 36.4 Å². The van der Waals surface area contributed by atoms with Gasteiger partial charge in [-0.25, -0.2) is 4.39 Å². The minimum Gasteiger partial charge on any atom is -0.353 e. The molecule has 27 heavy (non-hydrogen) atoms. The molecule has 1 atom stereocenters. The highest BCUT2D eigenvalue weighted by molar-refractivity contribution is 6.33. The van der Waals surface area contributed by atoms with Gasteiger partial charge >= 0.3 is 0 Å². The minimum atomic E-state index is -0.268. The summed E-state index contributed by atoms with van der Waals surface area (Å²) >= 11 is 6.09. The van der Waals surface area contributed by atoms with Crippen LogP contribution in [0.25, 0.3) is 11.3 Å². The van der Waals surface area contributed by atoms with Crippen molar-refractivity contribution in [1.29, 1.82) is 0 Å². The topological polar surface area (TPSA) is 61.0 Å². The zero-order valence-corrected chi connectivity index (χ0v) is 15.2. The Balaban J connectivity index is 1.40. The van der Waals surface area contributed by atoms with E-state index in [4.69, 9.17) is 11.6 Å². The Hall–Kier alpha value is -2.86. The lowest BCUT2D eigenvalue weighted by molar-refractivity contribution is 0.0940. The second-order valence-electron chi connectivity index (χ2n) is 6.53. The van der Waals surface area contributed by atoms with Crippen molar-refractivity contribution >= 4 is 23.3 Å². The number of hydrogen-bond donors (Lipinski definition) is 2. The smallest absolute Gasteiger partial charge is 0.253 e. The quantitative estimate of drug-likeness (QED) is 0.717. The van der Waals surface area contributed by atoms with Gasteiger partial charge in [0.15, 0.2) is 5.82 Å². The summed E-state index contributed by atoms with van der Waals surface area (Å²) in [5.74, 6) is 0.375. The minimum absolute atomic E-state index is 0.0275. The standard InChI is InChI=1S/C20H18ClFN4O/c21-17-4-2-1-3-16(17)20(27)23-15-9-10-26(12-15)19-11-18(24-25-19)13-5-7-14(22)8-6-13/h1-8,11,15H,9-10,12H2,(H,23,27)(H,24,25). The largest absolute Gasteiger partial charge is 0.353 e. The lowest BCUT2D eigenvalue weighted by atomic mass is 10.1. The van der Waals surface area contributed by atoms with Crippen molar-refractivity contribution in [3.05, 3.63) is 71.0 Å². The zero-order chi connectivity index (χ0) is 18.8. The third-order valence-electron chi connectivity index (χ3n) is 4.69. The van der Waals surface area contributed by atoms with Crippen LogP contribution in [0.5, 0.6) is 0 Å². The van der Waals surface area contributed by atoms with Crippen molar-refractivity contribution in [2.45, 2.75) is 12.5 Å². The van der Waals surface area contributed by atoms with Crippen molar-refractivity contribution < 1.29 is 9.18 Å². The summed E-state index contributed by atoms with van der Waals surface area (Å²) in [6.45, 7) is 1.46. The molecule has 0 aliphatic carbocycles. The first-order chi connectivity index (χ1) is 13.1. The van der Waals surface area contributed by atoms with E-state index >= 15 is 0 Å². The molecule has 1 unspecified atom stereocenters. The van der Waals surface area contributed by atoms with Gasteiger partial charge < -0.3 is 10.2 Å². The lowest BCUT2D eigenvalue weighted by Crippen LogP contribution is -2.37. The first kappa shape index (κ1) is 17.5. The van der Waals surface area contributed by atoms with Crippen LogP contribution in [0, 0.1) is 5.82 Å². The zero-order valence-electron chi connectivity index (χ0n) is 14.5. The molecule has 1 amide bonds. The third-order valence-corrected chi connectivity index (χ3v) is 5.02. The fourth-order valence-corrected chi connectivity index (χ4v) is 3.47. The number of aromatic amines is 1. The van der Waals surface area contributed by atoms with Crippen molar-refractivity contribution in [3.8, 4) is 11.3 Å². The Bertz CT molecular complexity index is 957. The van der Waals surface area contributed by atoms with Gasteiger partial charge in [-0.15, -0.1) is 0 Å². The highest BCUT2D eigenvalue weighted by atomic mass is 35.5. The Kier molecular flexibility index (Phi) is 4.81. The van der Waals surface area contributed by atoms with Crippen LogP contribution in [0.3, 0.4) is 0 Å². The molecule has 1 aliphatic rings. The molecule has 5 nitrogen and oxygen atoms in total. The highest BCUT2D eigenvalue weighted by Crippen LogP contribution is 2.25. The molecule has 2 aromatic carbocycles. The van der Waals surface area contributed by atoms with E-state index in [9.17, 15) is 9.18 Å². The molecule has 3 aromatic rings. The number of halogens is 2. The van der Waals surface area contributed by atoms with Gasteiger partial charge in [0.05, 0.1) is 16.3 Å². The molecule has 0 spiro atoms. The van der Waals surface area contributed by atoms with Gasteiger partial charge in [0.25, 0.3) is 5.91 Å². The van der Waals surface area contributed by atoms with E-state index in [0.717, 1.165) is 30.0 Å². The van der Waals surface area contributed by atoms with Crippen LogP contribution >= 0.6 is 11.6 Å². The molecule has 0 bridgehead atoms. The fraction of sp³-hybridized carbons (Fsp3) is 0.200. The number of benzene rings is 2. The van der Waals surface area contributed by atoms with E-state index in [-0.39, 0.29) is 17.8 Å². The molecule has 138 valence electrons. The summed E-state index contributed by atoms with van der Waals surface area (Å²) in [7, 11) is 0. The van der Waals surface area contributed by atoms with Crippen LogP contribution in [0.15, 0.2) is 54.6 Å². The van der Waals surface area contributed by atoms with Crippen LogP contribution in [-0.4, -0.2) is 35.2 Å². The van der Waals surface area contributed by atoms with E-state index in [1.165, 1.54) is 12.1 Å². The van der Waals surface area contributed by atoms with Crippen molar-refractivity contribution in [2.24, 2.45) is 0 Å². The number of rotatable bonds is 4. The van der Waals surface area contributed by atoms with Gasteiger partial charge in [-0.3, -0.25) is 9.89 Å². The molecule has 2 N–H and O–H groups in total. The van der Waals surface area contributed by atoms with Crippen molar-refractivity contribution in [2.75, 3.05) is 18.0 Å². The van der Waals surface area contributed by atoms with Crippen LogP contribution in [0.2, 0.25) is 5.02 Å². The average Bonchev–Trinajstić information content (AvgIpc) is 3.32. The maximum absolute atomic E-state index is 13.1. The van der Waals surface area contributed by atoms with Gasteiger partial charge in [0, 0.05) is 25.2 Å². The number of nitrogens with zero attached hydrogens (tertiary/aromatic N) is 2. The highest BCUT2D eigenvalue weighted by Gasteiger charge is 2.26. The number of hydrogen-bond acceptors (Lipinski definition) is 3. The van der Waals surface area contributed by atoms with Crippen molar-refractivity contribution in [3.63, 3.8) is 0 Å². The van der Waals surface area contributed by atoms with E-state index in [1.807, 2.05) is 6.07 Å². The maximum atomic E-state index is 13.1. The molecule has 0 saturated carbocycles. The molecule has 7 heteroatoms.